The highest BCUT2D eigenvalue weighted by atomic mass is 16.2. The monoisotopic (exact) mass is 352 g/mol. The average molecular weight is 352 g/mol. The molecule has 0 saturated carbocycles. The molecular weight excluding hydrogens is 332 g/mol. The van der Waals surface area contributed by atoms with Crippen molar-refractivity contribution in [2.45, 2.75) is 0 Å². The molecule has 3 rings (SSSR count). The van der Waals surface area contributed by atoms with E-state index in [2.05, 4.69) is 26.8 Å². The molecule has 0 unspecified atom stereocenters. The second-order valence-corrected chi connectivity index (χ2v) is 5.73. The van der Waals surface area contributed by atoms with Gasteiger partial charge in [-0.1, -0.05) is 12.1 Å². The van der Waals surface area contributed by atoms with Crippen molar-refractivity contribution in [2.75, 3.05) is 37.6 Å². The first-order valence-corrected chi connectivity index (χ1v) is 8.36. The summed E-state index contributed by atoms with van der Waals surface area (Å²) < 4.78 is 0. The number of anilines is 1. The Morgan fingerprint density at radius 3 is 2.46 bits per heavy atom. The van der Waals surface area contributed by atoms with Crippen LogP contribution in [0.1, 0.15) is 21.0 Å². The van der Waals surface area contributed by atoms with E-state index in [1.165, 1.54) is 0 Å². The molecule has 0 atom stereocenters. The second-order valence-electron chi connectivity index (χ2n) is 5.73. The first-order chi connectivity index (χ1) is 12.7. The van der Waals surface area contributed by atoms with E-state index in [0.29, 0.717) is 38.7 Å². The third-order valence-corrected chi connectivity index (χ3v) is 4.01. The number of carbonyl (C=O) groups is 2. The van der Waals surface area contributed by atoms with E-state index < -0.39 is 0 Å². The summed E-state index contributed by atoms with van der Waals surface area (Å²) in [5, 5.41) is 2.65. The van der Waals surface area contributed by atoms with E-state index in [4.69, 9.17) is 0 Å². The van der Waals surface area contributed by atoms with Crippen LogP contribution in [0.15, 0.2) is 49.3 Å². The van der Waals surface area contributed by atoms with Crippen LogP contribution in [-0.2, 0) is 0 Å². The molecule has 2 aromatic rings. The second kappa shape index (κ2) is 8.19. The zero-order valence-corrected chi connectivity index (χ0v) is 14.3. The van der Waals surface area contributed by atoms with Crippen LogP contribution in [0, 0.1) is 0 Å². The number of pyridine rings is 1. The fourth-order valence-corrected chi connectivity index (χ4v) is 2.66. The Hall–Kier alpha value is -3.29. The Kier molecular flexibility index (Phi) is 5.52. The summed E-state index contributed by atoms with van der Waals surface area (Å²) in [7, 11) is 0. The molecule has 8 nitrogen and oxygen atoms in total. The number of carbonyl (C=O) groups excluding carboxylic acids is 2. The van der Waals surface area contributed by atoms with E-state index in [9.17, 15) is 9.59 Å². The molecule has 0 radical (unpaired) electrons. The molecule has 1 N–H and O–H groups in total. The largest absolute Gasteiger partial charge is 0.347 e. The molecular formula is C18H20N6O2. The van der Waals surface area contributed by atoms with Gasteiger partial charge in [0.1, 0.15) is 11.4 Å². The van der Waals surface area contributed by atoms with Crippen LogP contribution in [0.5, 0.6) is 0 Å². The maximum Gasteiger partial charge on any atom is 0.272 e. The third-order valence-electron chi connectivity index (χ3n) is 4.01. The lowest BCUT2D eigenvalue weighted by atomic mass is 10.2. The normalized spacial score (nSPS) is 14.0. The maximum atomic E-state index is 12.7. The molecule has 1 aliphatic rings. The fraction of sp³-hybridized carbons (Fsp3) is 0.278. The highest BCUT2D eigenvalue weighted by Crippen LogP contribution is 2.12. The van der Waals surface area contributed by atoms with Crippen LogP contribution in [0.2, 0.25) is 0 Å². The summed E-state index contributed by atoms with van der Waals surface area (Å²) >= 11 is 0. The fourth-order valence-electron chi connectivity index (χ4n) is 2.66. The Bertz CT molecular complexity index is 787. The molecule has 0 bridgehead atoms. The SMILES string of the molecule is C=CCNC(=O)c1cccc(C(=O)N2CCN(c3ncccn3)CC2)n1. The molecule has 0 aromatic carbocycles. The molecule has 1 aliphatic heterocycles. The van der Waals surface area contributed by atoms with Crippen molar-refractivity contribution < 1.29 is 9.59 Å². The van der Waals surface area contributed by atoms with Crippen molar-refractivity contribution >= 4 is 17.8 Å². The number of piperazine rings is 1. The molecule has 3 heterocycles. The van der Waals surface area contributed by atoms with Gasteiger partial charge in [-0.15, -0.1) is 6.58 Å². The van der Waals surface area contributed by atoms with Gasteiger partial charge in [-0.2, -0.15) is 0 Å². The van der Waals surface area contributed by atoms with Gasteiger partial charge in [-0.05, 0) is 18.2 Å². The van der Waals surface area contributed by atoms with Crippen molar-refractivity contribution in [1.29, 1.82) is 0 Å². The van der Waals surface area contributed by atoms with Crippen LogP contribution in [0.3, 0.4) is 0 Å². The number of hydrogen-bond donors (Lipinski definition) is 1. The van der Waals surface area contributed by atoms with Crippen molar-refractivity contribution in [3.8, 4) is 0 Å². The van der Waals surface area contributed by atoms with Crippen LogP contribution in [0.25, 0.3) is 0 Å². The van der Waals surface area contributed by atoms with Crippen molar-refractivity contribution in [2.24, 2.45) is 0 Å². The van der Waals surface area contributed by atoms with Crippen molar-refractivity contribution in [1.82, 2.24) is 25.2 Å². The van der Waals surface area contributed by atoms with Crippen molar-refractivity contribution in [3.05, 3.63) is 60.7 Å². The molecule has 8 heteroatoms. The molecule has 1 saturated heterocycles. The number of hydrogen-bond acceptors (Lipinski definition) is 6. The van der Waals surface area contributed by atoms with E-state index in [1.54, 1.807) is 47.6 Å². The van der Waals surface area contributed by atoms with Crippen LogP contribution in [-0.4, -0.2) is 64.4 Å². The standard InChI is InChI=1S/C18H20N6O2/c1-2-7-19-16(25)14-5-3-6-15(22-14)17(26)23-10-12-24(13-11-23)18-20-8-4-9-21-18/h2-6,8-9H,1,7,10-13H2,(H,19,25). The molecule has 2 aromatic heterocycles. The lowest BCUT2D eigenvalue weighted by molar-refractivity contribution is 0.0740. The zero-order chi connectivity index (χ0) is 18.4. The quantitative estimate of drug-likeness (QED) is 0.799. The Morgan fingerprint density at radius 2 is 1.77 bits per heavy atom. The molecule has 0 spiro atoms. The van der Waals surface area contributed by atoms with Gasteiger partial charge >= 0.3 is 0 Å². The van der Waals surface area contributed by atoms with E-state index in [1.807, 2.05) is 4.90 Å². The summed E-state index contributed by atoms with van der Waals surface area (Å²) in [6.07, 6.45) is 4.99. The average Bonchev–Trinajstić information content (AvgIpc) is 2.72. The van der Waals surface area contributed by atoms with Gasteiger partial charge in [0, 0.05) is 45.1 Å². The van der Waals surface area contributed by atoms with Gasteiger partial charge in [0.15, 0.2) is 0 Å². The van der Waals surface area contributed by atoms with E-state index >= 15 is 0 Å². The summed E-state index contributed by atoms with van der Waals surface area (Å²) in [4.78, 5) is 41.1. The minimum atomic E-state index is -0.328. The van der Waals surface area contributed by atoms with Gasteiger partial charge in [0.25, 0.3) is 11.8 Å². The minimum absolute atomic E-state index is 0.183. The summed E-state index contributed by atoms with van der Waals surface area (Å²) in [6, 6.07) is 6.64. The van der Waals surface area contributed by atoms with Gasteiger partial charge in [0.05, 0.1) is 0 Å². The summed E-state index contributed by atoms with van der Waals surface area (Å²) in [5.74, 6) is 0.154. The first kappa shape index (κ1) is 17.5. The van der Waals surface area contributed by atoms with E-state index in [-0.39, 0.29) is 23.2 Å². The third kappa shape index (κ3) is 4.02. The smallest absolute Gasteiger partial charge is 0.272 e. The van der Waals surface area contributed by atoms with Gasteiger partial charge in [-0.3, -0.25) is 9.59 Å². The zero-order valence-electron chi connectivity index (χ0n) is 14.3. The van der Waals surface area contributed by atoms with Crippen LogP contribution >= 0.6 is 0 Å². The highest BCUT2D eigenvalue weighted by Gasteiger charge is 2.24. The Labute approximate surface area is 151 Å². The Morgan fingerprint density at radius 1 is 1.08 bits per heavy atom. The first-order valence-electron chi connectivity index (χ1n) is 8.36. The lowest BCUT2D eigenvalue weighted by Gasteiger charge is -2.34. The van der Waals surface area contributed by atoms with Gasteiger partial charge in [-0.25, -0.2) is 15.0 Å². The van der Waals surface area contributed by atoms with Crippen LogP contribution < -0.4 is 10.2 Å². The number of rotatable bonds is 5. The Balaban J connectivity index is 1.63. The molecule has 26 heavy (non-hydrogen) atoms. The lowest BCUT2D eigenvalue weighted by Crippen LogP contribution is -2.49. The summed E-state index contributed by atoms with van der Waals surface area (Å²) in [5.41, 5.74) is 0.481. The summed E-state index contributed by atoms with van der Waals surface area (Å²) in [6.45, 7) is 6.29. The predicted molar refractivity (Wildman–Crippen MR) is 96.9 cm³/mol. The van der Waals surface area contributed by atoms with E-state index in [0.717, 1.165) is 0 Å². The maximum absolute atomic E-state index is 12.7. The van der Waals surface area contributed by atoms with Crippen LogP contribution in [0.4, 0.5) is 5.95 Å². The number of nitrogens with zero attached hydrogens (tertiary/aromatic N) is 5. The minimum Gasteiger partial charge on any atom is -0.347 e. The molecule has 0 aliphatic carbocycles. The predicted octanol–water partition coefficient (Wildman–Crippen LogP) is 0.750. The number of aromatic nitrogens is 3. The number of nitrogens with one attached hydrogen (secondary N) is 1. The topological polar surface area (TPSA) is 91.3 Å². The number of amides is 2. The molecule has 2 amide bonds. The molecule has 1 fully saturated rings. The van der Waals surface area contributed by atoms with Gasteiger partial charge < -0.3 is 15.1 Å². The highest BCUT2D eigenvalue weighted by molar-refractivity contribution is 5.96. The molecule has 134 valence electrons. The van der Waals surface area contributed by atoms with Crippen molar-refractivity contribution in [3.63, 3.8) is 0 Å². The van der Waals surface area contributed by atoms with Gasteiger partial charge in [0.2, 0.25) is 5.95 Å².